The molecule has 0 fully saturated rings. The van der Waals surface area contributed by atoms with Gasteiger partial charge in [0.25, 0.3) is 0 Å². The SMILES string of the molecule is CC1(C)c2cc(F)ccc2-c2ncc([Si](C)(C)C)cc2C1(C)C. The molecule has 1 nitrogen and oxygen atoms in total. The van der Waals surface area contributed by atoms with Crippen molar-refractivity contribution in [1.82, 2.24) is 4.98 Å². The summed E-state index contributed by atoms with van der Waals surface area (Å²) in [6, 6.07) is 7.49. The first-order chi connectivity index (χ1) is 10.5. The minimum atomic E-state index is -1.42. The second-order valence-electron chi connectivity index (χ2n) is 8.81. The van der Waals surface area contributed by atoms with Gasteiger partial charge in [0.15, 0.2) is 0 Å². The van der Waals surface area contributed by atoms with E-state index < -0.39 is 8.07 Å². The highest BCUT2D eigenvalue weighted by Gasteiger charge is 2.46. The van der Waals surface area contributed by atoms with Crippen molar-refractivity contribution in [2.75, 3.05) is 0 Å². The van der Waals surface area contributed by atoms with Crippen LogP contribution in [0.25, 0.3) is 11.3 Å². The number of halogens is 1. The summed E-state index contributed by atoms with van der Waals surface area (Å²) in [6.45, 7) is 16.0. The topological polar surface area (TPSA) is 12.9 Å². The second-order valence-corrected chi connectivity index (χ2v) is 13.9. The van der Waals surface area contributed by atoms with Crippen molar-refractivity contribution >= 4 is 13.3 Å². The van der Waals surface area contributed by atoms with Crippen LogP contribution in [0.1, 0.15) is 38.8 Å². The summed E-state index contributed by atoms with van der Waals surface area (Å²) in [7, 11) is -1.42. The molecule has 0 saturated heterocycles. The smallest absolute Gasteiger partial charge is 0.123 e. The van der Waals surface area contributed by atoms with Crippen LogP contribution < -0.4 is 5.19 Å². The Labute approximate surface area is 140 Å². The van der Waals surface area contributed by atoms with Crippen LogP contribution in [0, 0.1) is 5.82 Å². The average Bonchev–Trinajstić information content (AvgIpc) is 2.44. The summed E-state index contributed by atoms with van der Waals surface area (Å²) in [6.07, 6.45) is 2.03. The van der Waals surface area contributed by atoms with Crippen molar-refractivity contribution in [1.29, 1.82) is 0 Å². The van der Waals surface area contributed by atoms with Crippen LogP contribution in [-0.4, -0.2) is 13.1 Å². The maximum atomic E-state index is 13.9. The molecule has 122 valence electrons. The van der Waals surface area contributed by atoms with Gasteiger partial charge in [0.1, 0.15) is 5.82 Å². The molecule has 0 N–H and O–H groups in total. The van der Waals surface area contributed by atoms with Crippen LogP contribution in [-0.2, 0) is 10.8 Å². The Bertz CT molecular complexity index is 785. The zero-order chi connectivity index (χ0) is 17.2. The van der Waals surface area contributed by atoms with Gasteiger partial charge in [-0.2, -0.15) is 0 Å². The van der Waals surface area contributed by atoms with Crippen LogP contribution in [0.4, 0.5) is 4.39 Å². The van der Waals surface area contributed by atoms with E-state index >= 15 is 0 Å². The van der Waals surface area contributed by atoms with Gasteiger partial charge in [0.05, 0.1) is 13.8 Å². The fourth-order valence-electron chi connectivity index (χ4n) is 3.48. The van der Waals surface area contributed by atoms with E-state index in [0.29, 0.717) is 0 Å². The van der Waals surface area contributed by atoms with Gasteiger partial charge in [0.2, 0.25) is 0 Å². The molecule has 0 radical (unpaired) electrons. The number of benzene rings is 1. The lowest BCUT2D eigenvalue weighted by Gasteiger charge is -2.48. The summed E-state index contributed by atoms with van der Waals surface area (Å²) in [5.41, 5.74) is 4.19. The molecule has 0 amide bonds. The van der Waals surface area contributed by atoms with Crippen molar-refractivity contribution in [2.24, 2.45) is 0 Å². The fourth-order valence-corrected chi connectivity index (χ4v) is 4.51. The molecule has 1 heterocycles. The lowest BCUT2D eigenvalue weighted by molar-refractivity contribution is 0.297. The van der Waals surface area contributed by atoms with Gasteiger partial charge in [-0.25, -0.2) is 4.39 Å². The number of hydrogen-bond acceptors (Lipinski definition) is 1. The molecule has 1 aromatic heterocycles. The number of nitrogens with zero attached hydrogens (tertiary/aromatic N) is 1. The lowest BCUT2D eigenvalue weighted by Crippen LogP contribution is -2.46. The second kappa shape index (κ2) is 4.76. The lowest BCUT2D eigenvalue weighted by atomic mass is 9.56. The van der Waals surface area contributed by atoms with E-state index in [9.17, 15) is 4.39 Å². The van der Waals surface area contributed by atoms with Gasteiger partial charge in [-0.15, -0.1) is 0 Å². The first-order valence-electron chi connectivity index (χ1n) is 8.27. The summed E-state index contributed by atoms with van der Waals surface area (Å²) in [5, 5.41) is 1.38. The highest BCUT2D eigenvalue weighted by Crippen LogP contribution is 2.52. The quantitative estimate of drug-likeness (QED) is 0.672. The number of fused-ring (bicyclic) bond motifs is 3. The first kappa shape index (κ1) is 16.4. The van der Waals surface area contributed by atoms with Crippen LogP contribution in [0.2, 0.25) is 19.6 Å². The molecule has 1 aromatic carbocycles. The van der Waals surface area contributed by atoms with Gasteiger partial charge in [-0.1, -0.05) is 53.4 Å². The Balaban J connectivity index is 2.37. The van der Waals surface area contributed by atoms with Gasteiger partial charge in [-0.3, -0.25) is 4.98 Å². The maximum Gasteiger partial charge on any atom is 0.123 e. The van der Waals surface area contributed by atoms with Crippen LogP contribution in [0.5, 0.6) is 0 Å². The molecular formula is C20H26FNSi. The van der Waals surface area contributed by atoms with Gasteiger partial charge >= 0.3 is 0 Å². The van der Waals surface area contributed by atoms with Crippen LogP contribution in [0.3, 0.4) is 0 Å². The van der Waals surface area contributed by atoms with Crippen molar-refractivity contribution in [3.05, 3.63) is 47.4 Å². The highest BCUT2D eigenvalue weighted by molar-refractivity contribution is 6.88. The molecule has 0 saturated carbocycles. The number of aromatic nitrogens is 1. The predicted molar refractivity (Wildman–Crippen MR) is 98.7 cm³/mol. The van der Waals surface area contributed by atoms with E-state index in [1.165, 1.54) is 10.8 Å². The molecule has 1 aliphatic carbocycles. The third-order valence-electron chi connectivity index (χ3n) is 5.90. The Morgan fingerprint density at radius 1 is 0.913 bits per heavy atom. The van der Waals surface area contributed by atoms with Crippen molar-refractivity contribution < 1.29 is 4.39 Å². The molecular weight excluding hydrogens is 301 g/mol. The van der Waals surface area contributed by atoms with Crippen LogP contribution >= 0.6 is 0 Å². The van der Waals surface area contributed by atoms with Gasteiger partial charge in [0, 0.05) is 17.2 Å². The summed E-state index contributed by atoms with van der Waals surface area (Å²) in [4.78, 5) is 4.83. The Morgan fingerprint density at radius 2 is 1.52 bits per heavy atom. The molecule has 0 spiro atoms. The zero-order valence-electron chi connectivity index (χ0n) is 15.2. The minimum Gasteiger partial charge on any atom is -0.256 e. The number of pyridine rings is 1. The minimum absolute atomic E-state index is 0.105. The molecule has 3 heteroatoms. The monoisotopic (exact) mass is 327 g/mol. The normalized spacial score (nSPS) is 18.3. The predicted octanol–water partition coefficient (Wildman–Crippen LogP) is 5.00. The van der Waals surface area contributed by atoms with Gasteiger partial charge < -0.3 is 0 Å². The molecule has 23 heavy (non-hydrogen) atoms. The van der Waals surface area contributed by atoms with E-state index in [0.717, 1.165) is 16.8 Å². The largest absolute Gasteiger partial charge is 0.256 e. The number of hydrogen-bond donors (Lipinski definition) is 0. The Morgan fingerprint density at radius 3 is 2.13 bits per heavy atom. The third kappa shape index (κ3) is 2.28. The van der Waals surface area contributed by atoms with E-state index in [-0.39, 0.29) is 16.6 Å². The molecule has 1 aliphatic rings. The Kier molecular flexibility index (Phi) is 3.39. The maximum absolute atomic E-state index is 13.9. The van der Waals surface area contributed by atoms with Crippen molar-refractivity contribution in [3.63, 3.8) is 0 Å². The third-order valence-corrected chi connectivity index (χ3v) is 7.91. The van der Waals surface area contributed by atoms with Crippen LogP contribution in [0.15, 0.2) is 30.5 Å². The van der Waals surface area contributed by atoms with E-state index in [1.807, 2.05) is 12.3 Å². The molecule has 0 aliphatic heterocycles. The summed E-state index contributed by atoms with van der Waals surface area (Å²) < 4.78 is 13.9. The first-order valence-corrected chi connectivity index (χ1v) is 11.8. The zero-order valence-corrected chi connectivity index (χ0v) is 16.2. The summed E-state index contributed by atoms with van der Waals surface area (Å²) >= 11 is 0. The highest BCUT2D eigenvalue weighted by atomic mass is 28.3. The standard InChI is InChI=1S/C20H26FNSi/c1-19(2)16-10-13(21)8-9-15(16)18-17(20(19,3)4)11-14(12-22-18)23(5,6)7/h8-12H,1-7H3. The molecule has 0 unspecified atom stereocenters. The Hall–Kier alpha value is -1.48. The van der Waals surface area contributed by atoms with Crippen molar-refractivity contribution in [3.8, 4) is 11.3 Å². The van der Waals surface area contributed by atoms with E-state index in [2.05, 4.69) is 53.4 Å². The molecule has 2 aromatic rings. The summed E-state index contributed by atoms with van der Waals surface area (Å²) in [5.74, 6) is -0.171. The van der Waals surface area contributed by atoms with E-state index in [1.54, 1.807) is 12.1 Å². The fraction of sp³-hybridized carbons (Fsp3) is 0.450. The molecule has 0 bridgehead atoms. The van der Waals surface area contributed by atoms with E-state index in [4.69, 9.17) is 4.98 Å². The van der Waals surface area contributed by atoms with Crippen molar-refractivity contribution in [2.45, 2.75) is 58.2 Å². The molecule has 3 rings (SSSR count). The average molecular weight is 328 g/mol. The number of rotatable bonds is 1. The van der Waals surface area contributed by atoms with Gasteiger partial charge in [-0.05, 0) is 39.9 Å². The molecule has 0 atom stereocenters.